The van der Waals surface area contributed by atoms with Crippen molar-refractivity contribution in [3.8, 4) is 28.7 Å². The molecule has 3 aromatic carbocycles. The van der Waals surface area contributed by atoms with Gasteiger partial charge in [-0.05, 0) is 62.2 Å². The van der Waals surface area contributed by atoms with E-state index in [0.717, 1.165) is 4.31 Å². The Hall–Kier alpha value is -4.65. The van der Waals surface area contributed by atoms with E-state index in [0.29, 0.717) is 29.2 Å². The quantitative estimate of drug-likeness (QED) is 0.240. The lowest BCUT2D eigenvalue weighted by Crippen LogP contribution is -2.52. The zero-order chi connectivity index (χ0) is 34.0. The number of amides is 2. The summed E-state index contributed by atoms with van der Waals surface area (Å²) in [6, 6.07) is 14.8. The average molecular weight is 658 g/mol. The van der Waals surface area contributed by atoms with E-state index < -0.39 is 28.5 Å². The van der Waals surface area contributed by atoms with Crippen LogP contribution < -0.4 is 33.3 Å². The molecule has 0 spiro atoms. The van der Waals surface area contributed by atoms with E-state index in [1.807, 2.05) is 13.8 Å². The van der Waals surface area contributed by atoms with Crippen molar-refractivity contribution in [3.05, 3.63) is 66.2 Å². The van der Waals surface area contributed by atoms with Gasteiger partial charge >= 0.3 is 0 Å². The molecule has 3 rings (SSSR count). The van der Waals surface area contributed by atoms with Crippen LogP contribution in [0.15, 0.2) is 65.6 Å². The van der Waals surface area contributed by atoms with Gasteiger partial charge in [0.2, 0.25) is 11.8 Å². The topological polar surface area (TPSA) is 133 Å². The zero-order valence-corrected chi connectivity index (χ0v) is 28.3. The summed E-state index contributed by atoms with van der Waals surface area (Å²) in [6.45, 7) is 4.74. The first-order chi connectivity index (χ1) is 21.9. The minimum Gasteiger partial charge on any atom is -0.497 e. The fourth-order valence-corrected chi connectivity index (χ4v) is 6.06. The normalized spacial score (nSPS) is 12.3. The maximum atomic E-state index is 14.4. The Morgan fingerprint density at radius 3 is 2.02 bits per heavy atom. The molecule has 0 saturated heterocycles. The van der Waals surface area contributed by atoms with Crippen molar-refractivity contribution in [1.82, 2.24) is 10.2 Å². The van der Waals surface area contributed by atoms with E-state index in [1.54, 1.807) is 43.3 Å². The molecule has 46 heavy (non-hydrogen) atoms. The van der Waals surface area contributed by atoms with E-state index >= 15 is 0 Å². The van der Waals surface area contributed by atoms with Crippen LogP contribution in [0.5, 0.6) is 28.7 Å². The summed E-state index contributed by atoms with van der Waals surface area (Å²) in [6.07, 6.45) is 0.690. The second-order valence-electron chi connectivity index (χ2n) is 10.4. The Morgan fingerprint density at radius 2 is 1.41 bits per heavy atom. The Labute approximate surface area is 271 Å². The minimum absolute atomic E-state index is 0.00458. The molecule has 2 atom stereocenters. The number of carbonyl (C=O) groups is 2. The largest absolute Gasteiger partial charge is 0.497 e. The molecule has 0 aliphatic carbocycles. The number of sulfonamides is 1. The number of nitrogens with one attached hydrogen (secondary N) is 1. The molecule has 0 bridgehead atoms. The minimum atomic E-state index is -4.46. The molecular formula is C33H43N3O9S. The number of anilines is 1. The van der Waals surface area contributed by atoms with Crippen molar-refractivity contribution in [3.63, 3.8) is 0 Å². The van der Waals surface area contributed by atoms with Crippen molar-refractivity contribution < 1.29 is 41.7 Å². The number of nitrogens with zero attached hydrogens (tertiary/aromatic N) is 2. The predicted octanol–water partition coefficient (Wildman–Crippen LogP) is 4.26. The van der Waals surface area contributed by atoms with E-state index in [4.69, 9.17) is 23.7 Å². The molecule has 13 heteroatoms. The van der Waals surface area contributed by atoms with Gasteiger partial charge in [0, 0.05) is 24.7 Å². The van der Waals surface area contributed by atoms with Crippen LogP contribution in [-0.2, 0) is 26.2 Å². The molecule has 0 saturated carbocycles. The molecular weight excluding hydrogens is 614 g/mol. The van der Waals surface area contributed by atoms with Gasteiger partial charge in [-0.1, -0.05) is 19.1 Å². The standard InChI is InChI=1S/C33H43N3O9S/c1-9-22(2)34-33(38)23(3)35(20-24-11-10-12-25(17-24)41-4)32(37)21-36(28-18-26(42-5)13-15-29(28)43-6)46(39,40)27-14-16-30(44-7)31(19-27)45-8/h10-19,22-23H,9,20-21H2,1-8H3,(H,34,38)/t22-,23-/m0/s1. The van der Waals surface area contributed by atoms with Crippen molar-refractivity contribution in [2.24, 2.45) is 0 Å². The molecule has 12 nitrogen and oxygen atoms in total. The van der Waals surface area contributed by atoms with E-state index in [1.165, 1.54) is 64.7 Å². The molecule has 0 unspecified atom stereocenters. The molecule has 2 amide bonds. The number of rotatable bonds is 16. The van der Waals surface area contributed by atoms with Gasteiger partial charge in [-0.2, -0.15) is 0 Å². The Balaban J connectivity index is 2.17. The van der Waals surface area contributed by atoms with E-state index in [-0.39, 0.29) is 40.6 Å². The van der Waals surface area contributed by atoms with E-state index in [9.17, 15) is 18.0 Å². The summed E-state index contributed by atoms with van der Waals surface area (Å²) in [7, 11) is 2.74. The summed E-state index contributed by atoms with van der Waals surface area (Å²) in [5.74, 6) is 0.587. The number of hydrogen-bond acceptors (Lipinski definition) is 9. The van der Waals surface area contributed by atoms with Crippen LogP contribution in [0.2, 0.25) is 0 Å². The number of benzene rings is 3. The van der Waals surface area contributed by atoms with Crippen LogP contribution in [-0.4, -0.2) is 79.3 Å². The average Bonchev–Trinajstić information content (AvgIpc) is 3.08. The third-order valence-corrected chi connectivity index (χ3v) is 9.29. The second kappa shape index (κ2) is 16.1. The maximum absolute atomic E-state index is 14.4. The SMILES string of the molecule is CC[C@H](C)NC(=O)[C@H](C)N(Cc1cccc(OC)c1)C(=O)CN(c1cc(OC)ccc1OC)S(=O)(=O)c1ccc(OC)c(OC)c1. The summed E-state index contributed by atoms with van der Waals surface area (Å²) in [5.41, 5.74) is 0.743. The van der Waals surface area contributed by atoms with Gasteiger partial charge in [-0.3, -0.25) is 13.9 Å². The molecule has 0 heterocycles. The van der Waals surface area contributed by atoms with Gasteiger partial charge in [-0.15, -0.1) is 0 Å². The zero-order valence-electron chi connectivity index (χ0n) is 27.5. The van der Waals surface area contributed by atoms with Gasteiger partial charge in [0.05, 0.1) is 46.1 Å². The highest BCUT2D eigenvalue weighted by Crippen LogP contribution is 2.38. The lowest BCUT2D eigenvalue weighted by molar-refractivity contribution is -0.139. The number of methoxy groups -OCH3 is 5. The first-order valence-corrected chi connectivity index (χ1v) is 16.1. The Kier molecular flexibility index (Phi) is 12.5. The van der Waals surface area contributed by atoms with Gasteiger partial charge in [0.15, 0.2) is 11.5 Å². The fourth-order valence-electron chi connectivity index (χ4n) is 4.62. The van der Waals surface area contributed by atoms with E-state index in [2.05, 4.69) is 5.32 Å². The molecule has 1 N–H and O–H groups in total. The van der Waals surface area contributed by atoms with Crippen LogP contribution >= 0.6 is 0 Å². The van der Waals surface area contributed by atoms with Crippen molar-refractivity contribution in [2.45, 2.75) is 50.7 Å². The summed E-state index contributed by atoms with van der Waals surface area (Å²) >= 11 is 0. The highest BCUT2D eigenvalue weighted by atomic mass is 32.2. The molecule has 0 aliphatic heterocycles. The Morgan fingerprint density at radius 1 is 0.783 bits per heavy atom. The molecule has 250 valence electrons. The highest BCUT2D eigenvalue weighted by molar-refractivity contribution is 7.92. The second-order valence-corrected chi connectivity index (χ2v) is 12.3. The van der Waals surface area contributed by atoms with Crippen LogP contribution in [0.3, 0.4) is 0 Å². The maximum Gasteiger partial charge on any atom is 0.265 e. The fraction of sp³-hybridized carbons (Fsp3) is 0.394. The van der Waals surface area contributed by atoms with Gasteiger partial charge in [0.1, 0.15) is 29.8 Å². The lowest BCUT2D eigenvalue weighted by atomic mass is 10.1. The Bertz CT molecular complexity index is 1610. The summed E-state index contributed by atoms with van der Waals surface area (Å²) < 4.78 is 56.7. The van der Waals surface area contributed by atoms with Gasteiger partial charge < -0.3 is 33.9 Å². The van der Waals surface area contributed by atoms with Crippen molar-refractivity contribution >= 4 is 27.5 Å². The molecule has 3 aromatic rings. The van der Waals surface area contributed by atoms with Crippen LogP contribution in [0, 0.1) is 0 Å². The number of hydrogen-bond donors (Lipinski definition) is 1. The summed E-state index contributed by atoms with van der Waals surface area (Å²) in [4.78, 5) is 28.9. The van der Waals surface area contributed by atoms with Gasteiger partial charge in [-0.25, -0.2) is 8.42 Å². The van der Waals surface area contributed by atoms with Crippen LogP contribution in [0.1, 0.15) is 32.8 Å². The molecule has 0 radical (unpaired) electrons. The summed E-state index contributed by atoms with van der Waals surface area (Å²) in [5, 5.41) is 2.92. The number of carbonyl (C=O) groups excluding carboxylic acids is 2. The third kappa shape index (κ3) is 8.33. The van der Waals surface area contributed by atoms with Crippen LogP contribution in [0.4, 0.5) is 5.69 Å². The lowest BCUT2D eigenvalue weighted by Gasteiger charge is -2.33. The first-order valence-electron chi connectivity index (χ1n) is 14.6. The molecule has 0 aliphatic rings. The smallest absolute Gasteiger partial charge is 0.265 e. The molecule has 0 aromatic heterocycles. The third-order valence-electron chi connectivity index (χ3n) is 7.53. The monoisotopic (exact) mass is 657 g/mol. The first kappa shape index (κ1) is 35.8. The van der Waals surface area contributed by atoms with Crippen molar-refractivity contribution in [1.29, 1.82) is 0 Å². The predicted molar refractivity (Wildman–Crippen MR) is 175 cm³/mol. The van der Waals surface area contributed by atoms with Crippen LogP contribution in [0.25, 0.3) is 0 Å². The van der Waals surface area contributed by atoms with Gasteiger partial charge in [0.25, 0.3) is 10.0 Å². The number of ether oxygens (including phenoxy) is 5. The molecule has 0 fully saturated rings. The van der Waals surface area contributed by atoms with Crippen molar-refractivity contribution in [2.75, 3.05) is 46.4 Å². The highest BCUT2D eigenvalue weighted by Gasteiger charge is 2.35.